The number of aryl methyl sites for hydroxylation is 1. The molecule has 2 aromatic carbocycles. The molecule has 28 heavy (non-hydrogen) atoms. The van der Waals surface area contributed by atoms with Crippen LogP contribution in [0.4, 0.5) is 0 Å². The molecule has 0 heterocycles. The topological polar surface area (TPSA) is 20.2 Å². The minimum Gasteiger partial charge on any atom is -0.388 e. The second kappa shape index (κ2) is 12.7. The van der Waals surface area contributed by atoms with Crippen LogP contribution in [-0.4, -0.2) is 5.11 Å². The Balaban J connectivity index is 0.00000280. The Morgan fingerprint density at radius 2 is 1.93 bits per heavy atom. The van der Waals surface area contributed by atoms with Crippen LogP contribution in [0.3, 0.4) is 0 Å². The van der Waals surface area contributed by atoms with E-state index in [0.29, 0.717) is 5.92 Å². The van der Waals surface area contributed by atoms with Crippen LogP contribution >= 0.6 is 0 Å². The van der Waals surface area contributed by atoms with E-state index in [1.807, 2.05) is 6.07 Å². The summed E-state index contributed by atoms with van der Waals surface area (Å²) in [5.74, 6) is 0.679. The monoisotopic (exact) mass is 450 g/mol. The van der Waals surface area contributed by atoms with Crippen molar-refractivity contribution in [1.82, 2.24) is 0 Å². The maximum atomic E-state index is 10.4. The molecule has 2 aromatic rings. The third kappa shape index (κ3) is 6.94. The molecule has 1 nitrogen and oxygen atoms in total. The third-order valence-corrected chi connectivity index (χ3v) is 5.82. The van der Waals surface area contributed by atoms with Crippen molar-refractivity contribution in [3.8, 4) is 0 Å². The SMILES string of the molecule is CCCCCC(O)c1ccc(C2=CCC[C@@H]2CCCc2c[c-]ccc2)cc1.[Y]. The van der Waals surface area contributed by atoms with Crippen molar-refractivity contribution in [2.24, 2.45) is 5.92 Å². The molecule has 0 aromatic heterocycles. The molecule has 0 saturated heterocycles. The smallest absolute Gasteiger partial charge is 0.0790 e. The molecule has 3 rings (SSSR count). The van der Waals surface area contributed by atoms with Gasteiger partial charge >= 0.3 is 0 Å². The Morgan fingerprint density at radius 1 is 1.11 bits per heavy atom. The summed E-state index contributed by atoms with van der Waals surface area (Å²) < 4.78 is 0. The summed E-state index contributed by atoms with van der Waals surface area (Å²) in [4.78, 5) is 0. The second-order valence-corrected chi connectivity index (χ2v) is 7.87. The molecule has 0 amide bonds. The third-order valence-electron chi connectivity index (χ3n) is 5.82. The van der Waals surface area contributed by atoms with E-state index < -0.39 is 0 Å². The van der Waals surface area contributed by atoms with Gasteiger partial charge in [0.2, 0.25) is 0 Å². The summed E-state index contributed by atoms with van der Waals surface area (Å²) in [7, 11) is 0. The fourth-order valence-corrected chi connectivity index (χ4v) is 4.21. The molecule has 2 heteroatoms. The first kappa shape index (κ1) is 23.5. The van der Waals surface area contributed by atoms with E-state index in [9.17, 15) is 5.11 Å². The largest absolute Gasteiger partial charge is 0.388 e. The molecule has 1 N–H and O–H groups in total. The minimum absolute atomic E-state index is 0. The van der Waals surface area contributed by atoms with Crippen LogP contribution in [0.15, 0.2) is 54.6 Å². The summed E-state index contributed by atoms with van der Waals surface area (Å²) in [6.07, 6.45) is 12.6. The first-order valence-electron chi connectivity index (χ1n) is 10.7. The van der Waals surface area contributed by atoms with Gasteiger partial charge in [-0.2, -0.15) is 35.9 Å². The summed E-state index contributed by atoms with van der Waals surface area (Å²) in [5, 5.41) is 10.4. The number of aliphatic hydroxyl groups excluding tert-OH is 1. The quantitative estimate of drug-likeness (QED) is 0.308. The Labute approximate surface area is 196 Å². The predicted octanol–water partition coefficient (Wildman–Crippen LogP) is 6.91. The van der Waals surface area contributed by atoms with Crippen molar-refractivity contribution in [2.75, 3.05) is 0 Å². The van der Waals surface area contributed by atoms with Crippen LogP contribution in [0.2, 0.25) is 0 Å². The fraction of sp³-hybridized carbons (Fsp3) is 0.462. The maximum absolute atomic E-state index is 10.4. The molecular formula is C26H33OY-. The van der Waals surface area contributed by atoms with Gasteiger partial charge in [-0.3, -0.25) is 0 Å². The van der Waals surface area contributed by atoms with E-state index >= 15 is 0 Å². The van der Waals surface area contributed by atoms with Gasteiger partial charge in [-0.1, -0.05) is 69.4 Å². The van der Waals surface area contributed by atoms with Crippen LogP contribution in [0.25, 0.3) is 5.57 Å². The zero-order valence-electron chi connectivity index (χ0n) is 17.2. The van der Waals surface area contributed by atoms with Crippen molar-refractivity contribution >= 4 is 5.57 Å². The van der Waals surface area contributed by atoms with Gasteiger partial charge in [0.25, 0.3) is 0 Å². The van der Waals surface area contributed by atoms with Crippen molar-refractivity contribution < 1.29 is 37.8 Å². The molecular weight excluding hydrogens is 417 g/mol. The van der Waals surface area contributed by atoms with Crippen molar-refractivity contribution in [2.45, 2.75) is 70.8 Å². The molecule has 2 atom stereocenters. The van der Waals surface area contributed by atoms with Gasteiger partial charge in [-0.25, -0.2) is 0 Å². The van der Waals surface area contributed by atoms with E-state index in [0.717, 1.165) is 24.8 Å². The number of allylic oxidation sites excluding steroid dienone is 2. The molecule has 1 unspecified atom stereocenters. The molecule has 1 aliphatic carbocycles. The van der Waals surface area contributed by atoms with Gasteiger partial charge in [0.05, 0.1) is 6.10 Å². The molecule has 1 radical (unpaired) electrons. The van der Waals surface area contributed by atoms with Gasteiger partial charge in [-0.05, 0) is 48.3 Å². The first-order valence-corrected chi connectivity index (χ1v) is 10.7. The maximum Gasteiger partial charge on any atom is 0.0790 e. The molecule has 147 valence electrons. The van der Waals surface area contributed by atoms with Crippen LogP contribution < -0.4 is 0 Å². The number of benzene rings is 2. The second-order valence-electron chi connectivity index (χ2n) is 7.87. The zero-order valence-corrected chi connectivity index (χ0v) is 20.1. The Kier molecular flexibility index (Phi) is 10.7. The Bertz CT molecular complexity index is 705. The van der Waals surface area contributed by atoms with Crippen LogP contribution in [0.1, 0.15) is 81.1 Å². The van der Waals surface area contributed by atoms with Gasteiger partial charge < -0.3 is 5.11 Å². The van der Waals surface area contributed by atoms with Crippen molar-refractivity contribution in [3.05, 3.63) is 77.4 Å². The summed E-state index contributed by atoms with van der Waals surface area (Å²) in [6, 6.07) is 20.2. The van der Waals surface area contributed by atoms with E-state index in [4.69, 9.17) is 0 Å². The van der Waals surface area contributed by atoms with Crippen molar-refractivity contribution in [1.29, 1.82) is 0 Å². The van der Waals surface area contributed by atoms with E-state index in [1.165, 1.54) is 55.2 Å². The van der Waals surface area contributed by atoms with Crippen molar-refractivity contribution in [3.63, 3.8) is 0 Å². The number of rotatable bonds is 10. The number of hydrogen-bond donors (Lipinski definition) is 1. The predicted molar refractivity (Wildman–Crippen MR) is 114 cm³/mol. The van der Waals surface area contributed by atoms with Gasteiger partial charge in [0.15, 0.2) is 0 Å². The molecule has 1 aliphatic rings. The Hall–Kier alpha value is -0.756. The average Bonchev–Trinajstić information content (AvgIpc) is 3.17. The molecule has 0 bridgehead atoms. The number of aliphatic hydroxyl groups is 1. The number of hydrogen-bond acceptors (Lipinski definition) is 1. The molecule has 0 fully saturated rings. The molecule has 0 spiro atoms. The van der Waals surface area contributed by atoms with E-state index in [-0.39, 0.29) is 38.8 Å². The normalized spacial score (nSPS) is 17.1. The standard InChI is InChI=1S/C26H33O.Y/c1-2-3-5-16-26(27)24-19-17-23(18-20-24)25-15-9-14-22(25)13-8-12-21-10-6-4-7-11-21;/h4,6,10-11,15,17-20,22,26-27H,2-3,5,8-9,12-14,16H2,1H3;/q-1;/t22-,26?;/m0./s1. The Morgan fingerprint density at radius 3 is 2.64 bits per heavy atom. The first-order chi connectivity index (χ1) is 13.3. The zero-order chi connectivity index (χ0) is 18.9. The van der Waals surface area contributed by atoms with Crippen LogP contribution in [0.5, 0.6) is 0 Å². The van der Waals surface area contributed by atoms with Crippen LogP contribution in [-0.2, 0) is 39.1 Å². The van der Waals surface area contributed by atoms with E-state index in [2.05, 4.69) is 61.5 Å². The average molecular weight is 450 g/mol. The van der Waals surface area contributed by atoms with Gasteiger partial charge in [0, 0.05) is 32.7 Å². The number of unbranched alkanes of at least 4 members (excludes halogenated alkanes) is 2. The van der Waals surface area contributed by atoms with E-state index in [1.54, 1.807) is 0 Å². The minimum atomic E-state index is -0.318. The molecule has 0 aliphatic heterocycles. The molecule has 0 saturated carbocycles. The fourth-order valence-electron chi connectivity index (χ4n) is 4.21. The summed E-state index contributed by atoms with van der Waals surface area (Å²) >= 11 is 0. The summed E-state index contributed by atoms with van der Waals surface area (Å²) in [5.41, 5.74) is 5.31. The van der Waals surface area contributed by atoms with Gasteiger partial charge in [-0.15, -0.1) is 0 Å². The summed E-state index contributed by atoms with van der Waals surface area (Å²) in [6.45, 7) is 2.20. The van der Waals surface area contributed by atoms with Crippen LogP contribution in [0, 0.1) is 12.0 Å². The van der Waals surface area contributed by atoms with Gasteiger partial charge in [0.1, 0.15) is 0 Å².